The number of aliphatic hydroxyl groups is 1. The third kappa shape index (κ3) is 66.2. The summed E-state index contributed by atoms with van der Waals surface area (Å²) >= 11 is 0. The van der Waals surface area contributed by atoms with Crippen molar-refractivity contribution in [3.05, 3.63) is 24.3 Å². The van der Waals surface area contributed by atoms with Crippen molar-refractivity contribution in [1.82, 2.24) is 0 Å². The number of unbranched alkanes of at least 4 members (excludes halogenated alkanes) is 34. The van der Waals surface area contributed by atoms with Gasteiger partial charge >= 0.3 is 39.5 Å². The predicted molar refractivity (Wildman–Crippen MR) is 372 cm³/mol. The van der Waals surface area contributed by atoms with E-state index in [4.69, 9.17) is 37.0 Å². The maximum absolute atomic E-state index is 13.0. The third-order valence-electron chi connectivity index (χ3n) is 16.3. The van der Waals surface area contributed by atoms with Gasteiger partial charge in [-0.05, 0) is 69.1 Å². The second-order valence-electron chi connectivity index (χ2n) is 27.1. The topological polar surface area (TPSA) is 237 Å². The van der Waals surface area contributed by atoms with Gasteiger partial charge in [0, 0.05) is 25.7 Å². The van der Waals surface area contributed by atoms with Crippen molar-refractivity contribution >= 4 is 39.5 Å². The highest BCUT2D eigenvalue weighted by Gasteiger charge is 2.30. The normalized spacial score (nSPS) is 14.3. The summed E-state index contributed by atoms with van der Waals surface area (Å²) in [5.74, 6) is 0.0450. The minimum absolute atomic E-state index is 0.0836. The molecule has 17 nitrogen and oxygen atoms in total. The maximum Gasteiger partial charge on any atom is 0.472 e. The van der Waals surface area contributed by atoms with E-state index in [1.165, 1.54) is 135 Å². The highest BCUT2D eigenvalue weighted by Crippen LogP contribution is 2.45. The Kier molecular flexibility index (Phi) is 61.6. The van der Waals surface area contributed by atoms with Gasteiger partial charge in [0.25, 0.3) is 0 Å². The van der Waals surface area contributed by atoms with Crippen LogP contribution in [-0.2, 0) is 65.4 Å². The zero-order valence-electron chi connectivity index (χ0n) is 59.5. The van der Waals surface area contributed by atoms with Crippen LogP contribution in [0.3, 0.4) is 0 Å². The fourth-order valence-electron chi connectivity index (χ4n) is 10.5. The lowest BCUT2D eigenvalue weighted by Gasteiger charge is -2.21. The van der Waals surface area contributed by atoms with Crippen LogP contribution >= 0.6 is 15.6 Å². The number of hydrogen-bond donors (Lipinski definition) is 3. The van der Waals surface area contributed by atoms with E-state index < -0.39 is 97.5 Å². The van der Waals surface area contributed by atoms with Crippen LogP contribution in [0.25, 0.3) is 0 Å². The number of esters is 4. The predicted octanol–water partition coefficient (Wildman–Crippen LogP) is 20.6. The molecule has 0 aliphatic carbocycles. The molecule has 0 aromatic carbocycles. The summed E-state index contributed by atoms with van der Waals surface area (Å²) in [6.07, 6.45) is 50.9. The van der Waals surface area contributed by atoms with Gasteiger partial charge in [-0.1, -0.05) is 291 Å². The Morgan fingerprint density at radius 1 is 0.337 bits per heavy atom. The van der Waals surface area contributed by atoms with Gasteiger partial charge in [-0.3, -0.25) is 37.3 Å². The first-order chi connectivity index (χ1) is 44.2. The molecule has 0 amide bonds. The average molecular weight is 1350 g/mol. The zero-order valence-corrected chi connectivity index (χ0v) is 61.3. The van der Waals surface area contributed by atoms with Gasteiger partial charge in [-0.25, -0.2) is 9.13 Å². The van der Waals surface area contributed by atoms with E-state index in [0.29, 0.717) is 31.6 Å². The first-order valence-corrected chi connectivity index (χ1v) is 40.2. The Balaban J connectivity index is 5.26. The second-order valence-corrected chi connectivity index (χ2v) is 30.0. The van der Waals surface area contributed by atoms with Crippen LogP contribution in [0.5, 0.6) is 0 Å². The molecule has 0 rings (SSSR count). The number of carbonyl (C=O) groups is 4. The summed E-state index contributed by atoms with van der Waals surface area (Å²) in [4.78, 5) is 72.6. The Labute approximate surface area is 561 Å². The number of phosphoric acid groups is 2. The largest absolute Gasteiger partial charge is 0.472 e. The van der Waals surface area contributed by atoms with Crippen LogP contribution in [0.4, 0.5) is 0 Å². The van der Waals surface area contributed by atoms with Crippen molar-refractivity contribution in [3.63, 3.8) is 0 Å². The summed E-state index contributed by atoms with van der Waals surface area (Å²) in [5, 5.41) is 10.6. The number of rotatable bonds is 69. The monoisotopic (exact) mass is 1350 g/mol. The van der Waals surface area contributed by atoms with E-state index in [1.807, 2.05) is 0 Å². The Hall–Kier alpha value is -2.46. The zero-order chi connectivity index (χ0) is 68.0. The van der Waals surface area contributed by atoms with E-state index in [9.17, 15) is 43.2 Å². The molecule has 0 aliphatic heterocycles. The fourth-order valence-corrected chi connectivity index (χ4v) is 12.1. The number of aliphatic hydroxyl groups excluding tert-OH is 1. The minimum atomic E-state index is -4.96. The van der Waals surface area contributed by atoms with Crippen molar-refractivity contribution in [2.45, 2.75) is 362 Å². The molecule has 3 N–H and O–H groups in total. The van der Waals surface area contributed by atoms with Crippen LogP contribution < -0.4 is 0 Å². The SMILES string of the molecule is CCCCCC/C=C\C=C/CCCCCCCC(=O)O[C@H](COC(=O)CCCCCCCCC(C)C)COP(=O)(O)OC[C@H](O)COP(=O)(O)OC[C@@H](COC(=O)CCCCCCCCCCCCCCCC(C)C)OC(=O)CCCCCCCCCCCC(C)C. The molecule has 0 radical (unpaired) electrons. The summed E-state index contributed by atoms with van der Waals surface area (Å²) in [6.45, 7) is 11.7. The number of hydrogen-bond acceptors (Lipinski definition) is 15. The summed E-state index contributed by atoms with van der Waals surface area (Å²) in [6, 6.07) is 0. The Bertz CT molecular complexity index is 1890. The van der Waals surface area contributed by atoms with Crippen LogP contribution in [0, 0.1) is 17.8 Å². The third-order valence-corrected chi connectivity index (χ3v) is 18.2. The molecule has 0 aliphatic rings. The molecule has 0 spiro atoms. The molecular weight excluding hydrogens is 1210 g/mol. The lowest BCUT2D eigenvalue weighted by atomic mass is 10.0. The summed E-state index contributed by atoms with van der Waals surface area (Å²) < 4.78 is 68.3. The van der Waals surface area contributed by atoms with Gasteiger partial charge in [0.2, 0.25) is 0 Å². The molecular formula is C73H138O17P2. The van der Waals surface area contributed by atoms with Gasteiger partial charge in [-0.15, -0.1) is 0 Å². The molecule has 5 atom stereocenters. The highest BCUT2D eigenvalue weighted by molar-refractivity contribution is 7.47. The summed E-state index contributed by atoms with van der Waals surface area (Å²) in [5.41, 5.74) is 0. The molecule has 0 bridgehead atoms. The van der Waals surface area contributed by atoms with Crippen molar-refractivity contribution < 1.29 is 80.2 Å². The van der Waals surface area contributed by atoms with Crippen molar-refractivity contribution in [3.8, 4) is 0 Å². The molecule has 0 saturated carbocycles. The van der Waals surface area contributed by atoms with E-state index >= 15 is 0 Å². The quantitative estimate of drug-likeness (QED) is 0.0169. The molecule has 2 unspecified atom stereocenters. The minimum Gasteiger partial charge on any atom is -0.462 e. The summed E-state index contributed by atoms with van der Waals surface area (Å²) in [7, 11) is -9.92. The highest BCUT2D eigenvalue weighted by atomic mass is 31.2. The fraction of sp³-hybridized carbons (Fsp3) is 0.890. The Morgan fingerprint density at radius 2 is 0.587 bits per heavy atom. The molecule has 19 heteroatoms. The smallest absolute Gasteiger partial charge is 0.462 e. The number of allylic oxidation sites excluding steroid dienone is 4. The molecule has 0 aromatic heterocycles. The second kappa shape index (κ2) is 63.3. The van der Waals surface area contributed by atoms with Crippen molar-refractivity contribution in [2.24, 2.45) is 17.8 Å². The Morgan fingerprint density at radius 3 is 0.880 bits per heavy atom. The molecule has 0 aromatic rings. The van der Waals surface area contributed by atoms with E-state index in [-0.39, 0.29) is 25.7 Å². The maximum atomic E-state index is 13.0. The molecule has 0 fully saturated rings. The van der Waals surface area contributed by atoms with Crippen molar-refractivity contribution in [2.75, 3.05) is 39.6 Å². The molecule has 92 heavy (non-hydrogen) atoms. The van der Waals surface area contributed by atoms with Gasteiger partial charge in [-0.2, -0.15) is 0 Å². The molecule has 0 saturated heterocycles. The van der Waals surface area contributed by atoms with Crippen LogP contribution in [0.2, 0.25) is 0 Å². The van der Waals surface area contributed by atoms with Gasteiger partial charge in [0.15, 0.2) is 12.2 Å². The van der Waals surface area contributed by atoms with E-state index in [0.717, 1.165) is 121 Å². The lowest BCUT2D eigenvalue weighted by molar-refractivity contribution is -0.161. The van der Waals surface area contributed by atoms with Crippen LogP contribution in [0.15, 0.2) is 24.3 Å². The lowest BCUT2D eigenvalue weighted by Crippen LogP contribution is -2.30. The van der Waals surface area contributed by atoms with Gasteiger partial charge < -0.3 is 33.8 Å². The van der Waals surface area contributed by atoms with E-state index in [2.05, 4.69) is 72.8 Å². The van der Waals surface area contributed by atoms with Gasteiger partial charge in [0.05, 0.1) is 26.4 Å². The number of ether oxygens (including phenoxy) is 4. The molecule has 0 heterocycles. The first kappa shape index (κ1) is 89.5. The van der Waals surface area contributed by atoms with E-state index in [1.54, 1.807) is 0 Å². The number of phosphoric ester groups is 2. The molecule has 542 valence electrons. The standard InChI is InChI=1S/C73H138O17P2/c1-8-9-10-11-12-13-14-15-16-19-23-28-33-42-49-56-72(77)90-69(61-84-71(76)55-48-41-36-35-39-46-53-66(6)7)63-88-92(81,82)86-59-67(74)58-85-91(79,80)87-62-68(89-73(78)57-50-43-34-29-24-26-31-38-45-52-65(4)5)60-83-70(75)54-47-40-32-27-22-20-17-18-21-25-30-37-44-51-64(2)3/h13-16,64-69,74H,8-12,17-63H2,1-7H3,(H,79,80)(H,81,82)/b14-13-,16-15-/t67-,68-,69-/m1/s1. The number of carbonyl (C=O) groups excluding carboxylic acids is 4. The van der Waals surface area contributed by atoms with Gasteiger partial charge in [0.1, 0.15) is 19.3 Å². The van der Waals surface area contributed by atoms with Crippen LogP contribution in [0.1, 0.15) is 344 Å². The average Bonchev–Trinajstić information content (AvgIpc) is 1.81. The first-order valence-electron chi connectivity index (χ1n) is 37.2. The van der Waals surface area contributed by atoms with Crippen molar-refractivity contribution in [1.29, 1.82) is 0 Å². The van der Waals surface area contributed by atoms with Crippen LogP contribution in [-0.4, -0.2) is 96.7 Å².